The highest BCUT2D eigenvalue weighted by Gasteiger charge is 2.20. The molecule has 0 spiro atoms. The van der Waals surface area contributed by atoms with E-state index in [1.165, 1.54) is 17.5 Å². The molecule has 0 aromatic heterocycles. The van der Waals surface area contributed by atoms with Gasteiger partial charge in [0.25, 0.3) is 0 Å². The van der Waals surface area contributed by atoms with Crippen LogP contribution in [0, 0.1) is 0 Å². The van der Waals surface area contributed by atoms with Crippen LogP contribution in [-0.4, -0.2) is 19.2 Å². The predicted molar refractivity (Wildman–Crippen MR) is 96.8 cm³/mol. The lowest BCUT2D eigenvalue weighted by molar-refractivity contribution is 0.251. The summed E-state index contributed by atoms with van der Waals surface area (Å²) < 4.78 is 5.40. The highest BCUT2D eigenvalue weighted by molar-refractivity contribution is 5.89. The van der Waals surface area contributed by atoms with E-state index >= 15 is 0 Å². The first-order valence-corrected chi connectivity index (χ1v) is 8.62. The Balaban J connectivity index is 1.53. The average molecular weight is 324 g/mol. The van der Waals surface area contributed by atoms with Gasteiger partial charge in [-0.25, -0.2) is 4.79 Å². The minimum absolute atomic E-state index is 0.165. The van der Waals surface area contributed by atoms with Crippen molar-refractivity contribution in [1.29, 1.82) is 0 Å². The number of benzene rings is 2. The Kier molecular flexibility index (Phi) is 5.36. The van der Waals surface area contributed by atoms with E-state index in [0.717, 1.165) is 24.3 Å². The molecule has 126 valence electrons. The van der Waals surface area contributed by atoms with Gasteiger partial charge in [0.1, 0.15) is 5.75 Å². The number of urea groups is 1. The van der Waals surface area contributed by atoms with Gasteiger partial charge in [-0.15, -0.1) is 0 Å². The van der Waals surface area contributed by atoms with Crippen molar-refractivity contribution in [2.24, 2.45) is 0 Å². The molecule has 4 heteroatoms. The fourth-order valence-electron chi connectivity index (χ4n) is 3.26. The van der Waals surface area contributed by atoms with E-state index < -0.39 is 0 Å². The second-order valence-corrected chi connectivity index (χ2v) is 6.08. The molecule has 2 aromatic rings. The van der Waals surface area contributed by atoms with Gasteiger partial charge < -0.3 is 15.4 Å². The van der Waals surface area contributed by atoms with Crippen molar-refractivity contribution >= 4 is 11.7 Å². The smallest absolute Gasteiger partial charge is 0.319 e. The third-order valence-corrected chi connectivity index (χ3v) is 4.43. The number of nitrogens with one attached hydrogen (secondary N) is 2. The Morgan fingerprint density at radius 2 is 1.96 bits per heavy atom. The number of ether oxygens (including phenoxy) is 1. The van der Waals surface area contributed by atoms with Crippen molar-refractivity contribution in [2.45, 2.75) is 32.1 Å². The fourth-order valence-corrected chi connectivity index (χ4v) is 3.26. The van der Waals surface area contributed by atoms with Crippen molar-refractivity contribution in [3.8, 4) is 5.75 Å². The summed E-state index contributed by atoms with van der Waals surface area (Å²) in [4.78, 5) is 12.1. The maximum absolute atomic E-state index is 12.1. The molecule has 1 aliphatic rings. The number of aryl methyl sites for hydroxylation is 1. The lowest BCUT2D eigenvalue weighted by atomic mass is 9.83. The van der Waals surface area contributed by atoms with Crippen molar-refractivity contribution in [1.82, 2.24) is 5.32 Å². The van der Waals surface area contributed by atoms with Gasteiger partial charge >= 0.3 is 6.03 Å². The molecule has 0 saturated carbocycles. The summed E-state index contributed by atoms with van der Waals surface area (Å²) in [7, 11) is 0. The van der Waals surface area contributed by atoms with Gasteiger partial charge in [0, 0.05) is 18.2 Å². The Hall–Kier alpha value is -2.49. The van der Waals surface area contributed by atoms with Crippen LogP contribution in [0.2, 0.25) is 0 Å². The summed E-state index contributed by atoms with van der Waals surface area (Å²) in [6, 6.07) is 15.8. The average Bonchev–Trinajstić information content (AvgIpc) is 2.62. The van der Waals surface area contributed by atoms with Crippen molar-refractivity contribution in [2.75, 3.05) is 18.5 Å². The van der Waals surface area contributed by atoms with Crippen LogP contribution in [0.1, 0.15) is 36.8 Å². The lowest BCUT2D eigenvalue weighted by Gasteiger charge is -2.25. The molecule has 24 heavy (non-hydrogen) atoms. The number of rotatable bonds is 5. The number of carbonyl (C=O) groups is 1. The summed E-state index contributed by atoms with van der Waals surface area (Å²) in [5.74, 6) is 1.21. The van der Waals surface area contributed by atoms with Crippen LogP contribution in [0.4, 0.5) is 10.5 Å². The van der Waals surface area contributed by atoms with Crippen LogP contribution < -0.4 is 15.4 Å². The number of anilines is 1. The maximum Gasteiger partial charge on any atom is 0.319 e. The molecule has 0 heterocycles. The molecule has 4 nitrogen and oxygen atoms in total. The Morgan fingerprint density at radius 3 is 2.75 bits per heavy atom. The first-order chi connectivity index (χ1) is 11.8. The van der Waals surface area contributed by atoms with E-state index in [9.17, 15) is 4.79 Å². The van der Waals surface area contributed by atoms with E-state index in [-0.39, 0.29) is 6.03 Å². The van der Waals surface area contributed by atoms with Crippen molar-refractivity contribution in [3.05, 3.63) is 59.7 Å². The van der Waals surface area contributed by atoms with Gasteiger partial charge in [-0.3, -0.25) is 0 Å². The number of hydrogen-bond acceptors (Lipinski definition) is 2. The molecule has 0 bridgehead atoms. The molecule has 1 aliphatic carbocycles. The number of carbonyl (C=O) groups excluding carboxylic acids is 1. The zero-order chi connectivity index (χ0) is 16.8. The van der Waals surface area contributed by atoms with Gasteiger partial charge in [-0.2, -0.15) is 0 Å². The highest BCUT2D eigenvalue weighted by atomic mass is 16.5. The van der Waals surface area contributed by atoms with Gasteiger partial charge in [0.05, 0.1) is 6.61 Å². The van der Waals surface area contributed by atoms with Crippen LogP contribution in [0.25, 0.3) is 0 Å². The minimum atomic E-state index is -0.165. The summed E-state index contributed by atoms with van der Waals surface area (Å²) in [6.45, 7) is 3.25. The van der Waals surface area contributed by atoms with Crippen LogP contribution >= 0.6 is 0 Å². The molecule has 0 fully saturated rings. The fraction of sp³-hybridized carbons (Fsp3) is 0.350. The molecule has 2 aromatic carbocycles. The largest absolute Gasteiger partial charge is 0.494 e. The van der Waals surface area contributed by atoms with Crippen LogP contribution in [0.15, 0.2) is 48.5 Å². The summed E-state index contributed by atoms with van der Waals surface area (Å²) >= 11 is 0. The molecule has 0 radical (unpaired) electrons. The molecule has 2 amide bonds. The Bertz CT molecular complexity index is 682. The summed E-state index contributed by atoms with van der Waals surface area (Å²) in [5, 5.41) is 5.87. The first-order valence-electron chi connectivity index (χ1n) is 8.62. The van der Waals surface area contributed by atoms with Gasteiger partial charge in [0.15, 0.2) is 0 Å². The lowest BCUT2D eigenvalue weighted by Crippen LogP contribution is -2.33. The van der Waals surface area contributed by atoms with Crippen molar-refractivity contribution < 1.29 is 9.53 Å². The van der Waals surface area contributed by atoms with E-state index in [2.05, 4.69) is 34.9 Å². The van der Waals surface area contributed by atoms with E-state index in [1.807, 2.05) is 31.2 Å². The maximum atomic E-state index is 12.1. The van der Waals surface area contributed by atoms with E-state index in [1.54, 1.807) is 0 Å². The molecule has 1 atom stereocenters. The number of amides is 2. The zero-order valence-corrected chi connectivity index (χ0v) is 14.0. The second kappa shape index (κ2) is 7.86. The Labute approximate surface area is 143 Å². The highest BCUT2D eigenvalue weighted by Crippen LogP contribution is 2.30. The van der Waals surface area contributed by atoms with Crippen molar-refractivity contribution in [3.63, 3.8) is 0 Å². The predicted octanol–water partition coefficient (Wildman–Crippen LogP) is 4.33. The molecule has 0 saturated heterocycles. The van der Waals surface area contributed by atoms with E-state index in [4.69, 9.17) is 4.74 Å². The van der Waals surface area contributed by atoms with Gasteiger partial charge in [-0.1, -0.05) is 24.3 Å². The van der Waals surface area contributed by atoms with Crippen LogP contribution in [0.3, 0.4) is 0 Å². The van der Waals surface area contributed by atoms with Gasteiger partial charge in [-0.05, 0) is 61.6 Å². The molecular formula is C20H24N2O2. The summed E-state index contributed by atoms with van der Waals surface area (Å²) in [6.07, 6.45) is 3.45. The molecule has 2 N–H and O–H groups in total. The quantitative estimate of drug-likeness (QED) is 0.860. The molecule has 3 rings (SSSR count). The van der Waals surface area contributed by atoms with Gasteiger partial charge in [0.2, 0.25) is 0 Å². The normalized spacial score (nSPS) is 16.1. The van der Waals surface area contributed by atoms with Crippen LogP contribution in [-0.2, 0) is 6.42 Å². The zero-order valence-electron chi connectivity index (χ0n) is 14.0. The third kappa shape index (κ3) is 4.07. The topological polar surface area (TPSA) is 50.4 Å². The van der Waals surface area contributed by atoms with E-state index in [0.29, 0.717) is 19.1 Å². The molecule has 1 unspecified atom stereocenters. The third-order valence-electron chi connectivity index (χ3n) is 4.43. The second-order valence-electron chi connectivity index (χ2n) is 6.08. The first kappa shape index (κ1) is 16.4. The minimum Gasteiger partial charge on any atom is -0.494 e. The monoisotopic (exact) mass is 324 g/mol. The SMILES string of the molecule is CCOc1ccc(NC(=O)NCC2CCCc3ccccc32)cc1. The standard InChI is InChI=1S/C20H24N2O2/c1-2-24-18-12-10-17(11-13-18)22-20(23)21-14-16-8-5-7-15-6-3-4-9-19(15)16/h3-4,6,9-13,16H,2,5,7-8,14H2,1H3,(H2,21,22,23). The number of fused-ring (bicyclic) bond motifs is 1. The van der Waals surface area contributed by atoms with Crippen LogP contribution in [0.5, 0.6) is 5.75 Å². The summed E-state index contributed by atoms with van der Waals surface area (Å²) in [5.41, 5.74) is 3.56. The molecule has 0 aliphatic heterocycles. The number of hydrogen-bond donors (Lipinski definition) is 2. The Morgan fingerprint density at radius 1 is 1.17 bits per heavy atom. The molecular weight excluding hydrogens is 300 g/mol.